The number of nitrogens with zero attached hydrogens (tertiary/aromatic N) is 2. The number of halogens is 2. The zero-order valence-electron chi connectivity index (χ0n) is 10.1. The largest absolute Gasteiger partial charge is 0.357 e. The highest BCUT2D eigenvalue weighted by Crippen LogP contribution is 2.33. The third kappa shape index (κ3) is 2.06. The van der Waals surface area contributed by atoms with Gasteiger partial charge in [0.05, 0.1) is 5.52 Å². The van der Waals surface area contributed by atoms with Gasteiger partial charge in [-0.2, -0.15) is 5.10 Å². The van der Waals surface area contributed by atoms with Crippen molar-refractivity contribution in [3.05, 3.63) is 27.3 Å². The zero-order valence-corrected chi connectivity index (χ0v) is 12.5. The van der Waals surface area contributed by atoms with Gasteiger partial charge in [0, 0.05) is 27.7 Å². The number of hydrogen-bond donors (Lipinski definition) is 0. The van der Waals surface area contributed by atoms with Crippen LogP contribution in [0, 0.1) is 6.92 Å². The van der Waals surface area contributed by atoms with Crippen LogP contribution in [-0.4, -0.2) is 16.4 Å². The van der Waals surface area contributed by atoms with Gasteiger partial charge in [0.25, 0.3) is 0 Å². The van der Waals surface area contributed by atoms with Crippen LogP contribution in [0.2, 0.25) is 5.02 Å². The Kier molecular flexibility index (Phi) is 3.34. The van der Waals surface area contributed by atoms with Crippen LogP contribution in [0.1, 0.15) is 31.1 Å². The third-order valence-corrected chi connectivity index (χ3v) is 4.81. The van der Waals surface area contributed by atoms with E-state index in [0.717, 1.165) is 45.4 Å². The molecule has 3 nitrogen and oxygen atoms in total. The topological polar surface area (TPSA) is 27.1 Å². The summed E-state index contributed by atoms with van der Waals surface area (Å²) in [6.45, 7) is 2.82. The molecule has 1 aliphatic rings. The molecule has 0 saturated carbocycles. The quantitative estimate of drug-likeness (QED) is 0.772. The summed E-state index contributed by atoms with van der Waals surface area (Å²) in [7, 11) is 0. The van der Waals surface area contributed by atoms with Crippen LogP contribution >= 0.6 is 27.5 Å². The van der Waals surface area contributed by atoms with Crippen LogP contribution in [0.25, 0.3) is 10.9 Å². The van der Waals surface area contributed by atoms with Crippen LogP contribution in [0.15, 0.2) is 16.7 Å². The molecule has 0 amide bonds. The van der Waals surface area contributed by atoms with E-state index in [9.17, 15) is 0 Å². The van der Waals surface area contributed by atoms with Gasteiger partial charge in [-0.1, -0.05) is 11.6 Å². The van der Waals surface area contributed by atoms with Gasteiger partial charge in [-0.05, 0) is 53.7 Å². The van der Waals surface area contributed by atoms with Gasteiger partial charge in [-0.25, -0.2) is 4.68 Å². The maximum atomic E-state index is 6.18. The molecular weight excluding hydrogens is 316 g/mol. The minimum absolute atomic E-state index is 0.0668. The van der Waals surface area contributed by atoms with Gasteiger partial charge in [-0.15, -0.1) is 0 Å². The lowest BCUT2D eigenvalue weighted by atomic mass is 10.2. The van der Waals surface area contributed by atoms with Crippen LogP contribution in [-0.2, 0) is 4.74 Å². The molecule has 1 saturated heterocycles. The van der Waals surface area contributed by atoms with E-state index in [1.165, 1.54) is 6.42 Å². The first-order chi connectivity index (χ1) is 8.66. The normalized spacial score (nSPS) is 20.5. The minimum Gasteiger partial charge on any atom is -0.357 e. The van der Waals surface area contributed by atoms with E-state index in [1.807, 2.05) is 23.9 Å². The summed E-state index contributed by atoms with van der Waals surface area (Å²) < 4.78 is 8.69. The van der Waals surface area contributed by atoms with Crippen LogP contribution < -0.4 is 0 Å². The second-order valence-electron chi connectivity index (χ2n) is 4.66. The Morgan fingerprint density at radius 2 is 2.33 bits per heavy atom. The highest BCUT2D eigenvalue weighted by Gasteiger charge is 2.18. The van der Waals surface area contributed by atoms with Crippen LogP contribution in [0.5, 0.6) is 0 Å². The van der Waals surface area contributed by atoms with E-state index >= 15 is 0 Å². The molecule has 5 heteroatoms. The summed E-state index contributed by atoms with van der Waals surface area (Å²) in [4.78, 5) is 0. The standard InChI is InChI=1S/C13H14BrClN2O/c1-8-10(15)6-11-9(13(8)14)7-17(16-11)12-4-2-3-5-18-12/h6-7,12H,2-5H2,1H3. The molecule has 0 N–H and O–H groups in total. The molecule has 1 aromatic heterocycles. The highest BCUT2D eigenvalue weighted by atomic mass is 79.9. The number of hydrogen-bond acceptors (Lipinski definition) is 2. The van der Waals surface area contributed by atoms with Crippen molar-refractivity contribution in [2.75, 3.05) is 6.61 Å². The Morgan fingerprint density at radius 1 is 1.50 bits per heavy atom. The maximum absolute atomic E-state index is 6.18. The minimum atomic E-state index is 0.0668. The molecule has 3 rings (SSSR count). The van der Waals surface area contributed by atoms with Crippen molar-refractivity contribution in [3.8, 4) is 0 Å². The Hall–Kier alpha value is -0.580. The van der Waals surface area contributed by atoms with Crippen molar-refractivity contribution < 1.29 is 4.74 Å². The lowest BCUT2D eigenvalue weighted by Crippen LogP contribution is -2.18. The van der Waals surface area contributed by atoms with Crippen LogP contribution in [0.3, 0.4) is 0 Å². The zero-order chi connectivity index (χ0) is 12.7. The molecule has 0 radical (unpaired) electrons. The van der Waals surface area contributed by atoms with Gasteiger partial charge in [0.2, 0.25) is 0 Å². The Bertz CT molecular complexity index is 590. The van der Waals surface area contributed by atoms with Gasteiger partial charge in [0.15, 0.2) is 0 Å². The van der Waals surface area contributed by atoms with E-state index < -0.39 is 0 Å². The first-order valence-corrected chi connectivity index (χ1v) is 7.29. The first kappa shape index (κ1) is 12.5. The molecule has 1 unspecified atom stereocenters. The van der Waals surface area contributed by atoms with E-state index in [4.69, 9.17) is 16.3 Å². The van der Waals surface area contributed by atoms with Gasteiger partial charge in [0.1, 0.15) is 6.23 Å². The number of ether oxygens (including phenoxy) is 1. The average Bonchev–Trinajstić information content (AvgIpc) is 2.81. The molecule has 1 atom stereocenters. The fourth-order valence-electron chi connectivity index (χ4n) is 2.30. The van der Waals surface area contributed by atoms with Crippen molar-refractivity contribution in [1.82, 2.24) is 9.78 Å². The lowest BCUT2D eigenvalue weighted by Gasteiger charge is -2.22. The van der Waals surface area contributed by atoms with Crippen molar-refractivity contribution in [2.45, 2.75) is 32.4 Å². The molecule has 2 aromatic rings. The van der Waals surface area contributed by atoms with E-state index in [2.05, 4.69) is 21.0 Å². The molecule has 1 aromatic carbocycles. The Morgan fingerprint density at radius 3 is 3.06 bits per heavy atom. The molecule has 1 fully saturated rings. The molecule has 2 heterocycles. The van der Waals surface area contributed by atoms with Gasteiger partial charge < -0.3 is 4.74 Å². The smallest absolute Gasteiger partial charge is 0.150 e. The summed E-state index contributed by atoms with van der Waals surface area (Å²) in [6, 6.07) is 1.91. The molecule has 1 aliphatic heterocycles. The fraction of sp³-hybridized carbons (Fsp3) is 0.462. The summed E-state index contributed by atoms with van der Waals surface area (Å²) in [6.07, 6.45) is 5.47. The molecular formula is C13H14BrClN2O. The fourth-order valence-corrected chi connectivity index (χ4v) is 3.13. The predicted molar refractivity (Wildman–Crippen MR) is 76.0 cm³/mol. The molecule has 96 valence electrons. The third-order valence-electron chi connectivity index (χ3n) is 3.40. The molecule has 0 bridgehead atoms. The summed E-state index contributed by atoms with van der Waals surface area (Å²) >= 11 is 9.77. The summed E-state index contributed by atoms with van der Waals surface area (Å²) in [5.74, 6) is 0. The summed E-state index contributed by atoms with van der Waals surface area (Å²) in [5, 5.41) is 6.41. The second-order valence-corrected chi connectivity index (χ2v) is 5.86. The first-order valence-electron chi connectivity index (χ1n) is 6.12. The van der Waals surface area contributed by atoms with E-state index in [1.54, 1.807) is 0 Å². The van der Waals surface area contributed by atoms with E-state index in [-0.39, 0.29) is 6.23 Å². The maximum Gasteiger partial charge on any atom is 0.150 e. The van der Waals surface area contributed by atoms with Gasteiger partial charge in [-0.3, -0.25) is 0 Å². The second kappa shape index (κ2) is 4.83. The SMILES string of the molecule is Cc1c(Cl)cc2nn(C3CCCCO3)cc2c1Br. The number of benzene rings is 1. The molecule has 0 spiro atoms. The van der Waals surface area contributed by atoms with Crippen molar-refractivity contribution in [1.29, 1.82) is 0 Å². The van der Waals surface area contributed by atoms with Crippen molar-refractivity contribution in [2.24, 2.45) is 0 Å². The number of aromatic nitrogens is 2. The van der Waals surface area contributed by atoms with Crippen LogP contribution in [0.4, 0.5) is 0 Å². The molecule has 0 aliphatic carbocycles. The highest BCUT2D eigenvalue weighted by molar-refractivity contribution is 9.10. The Balaban J connectivity index is 2.07. The van der Waals surface area contributed by atoms with E-state index in [0.29, 0.717) is 0 Å². The lowest BCUT2D eigenvalue weighted by molar-refractivity contribution is -0.0390. The molecule has 18 heavy (non-hydrogen) atoms. The predicted octanol–water partition coefficient (Wildman–Crippen LogP) is 4.46. The average molecular weight is 330 g/mol. The monoisotopic (exact) mass is 328 g/mol. The van der Waals surface area contributed by atoms with Gasteiger partial charge >= 0.3 is 0 Å². The Labute approximate surface area is 119 Å². The van der Waals surface area contributed by atoms with Crippen molar-refractivity contribution >= 4 is 38.4 Å². The number of rotatable bonds is 1. The summed E-state index contributed by atoms with van der Waals surface area (Å²) in [5.41, 5.74) is 1.96. The number of fused-ring (bicyclic) bond motifs is 1. The van der Waals surface area contributed by atoms with Crippen molar-refractivity contribution in [3.63, 3.8) is 0 Å².